The van der Waals surface area contributed by atoms with Crippen LogP contribution in [0.25, 0.3) is 0 Å². The third kappa shape index (κ3) is 2.81. The highest BCUT2D eigenvalue weighted by Crippen LogP contribution is 2.28. The number of ether oxygens (including phenoxy) is 1. The maximum absolute atomic E-state index is 5.75. The monoisotopic (exact) mass is 275 g/mol. The third-order valence-corrected chi connectivity index (χ3v) is 3.15. The second kappa shape index (κ2) is 6.49. The largest absolute Gasteiger partial charge is 0.493 e. The zero-order valence-corrected chi connectivity index (χ0v) is 12.1. The lowest BCUT2D eigenvalue weighted by Crippen LogP contribution is -2.31. The van der Waals surface area contributed by atoms with Gasteiger partial charge in [-0.3, -0.25) is 15.5 Å². The molecule has 6 nitrogen and oxygen atoms in total. The predicted molar refractivity (Wildman–Crippen MR) is 77.2 cm³/mol. The molecule has 2 rings (SSSR count). The van der Waals surface area contributed by atoms with Crippen LogP contribution >= 0.6 is 0 Å². The van der Waals surface area contributed by atoms with E-state index < -0.39 is 0 Å². The second-order valence-corrected chi connectivity index (χ2v) is 4.62. The van der Waals surface area contributed by atoms with Gasteiger partial charge in [-0.2, -0.15) is 5.10 Å². The number of nitrogens with zero attached hydrogens (tertiary/aromatic N) is 3. The van der Waals surface area contributed by atoms with Crippen LogP contribution in [-0.4, -0.2) is 21.9 Å². The van der Waals surface area contributed by atoms with Crippen LogP contribution < -0.4 is 16.0 Å². The summed E-state index contributed by atoms with van der Waals surface area (Å²) in [6, 6.07) is 5.62. The number of nitrogens with one attached hydrogen (secondary N) is 1. The fraction of sp³-hybridized carbons (Fsp3) is 0.429. The van der Waals surface area contributed by atoms with E-state index >= 15 is 0 Å². The van der Waals surface area contributed by atoms with Gasteiger partial charge in [0.15, 0.2) is 5.75 Å². The molecule has 0 bridgehead atoms. The van der Waals surface area contributed by atoms with Gasteiger partial charge in [-0.05, 0) is 25.5 Å². The summed E-state index contributed by atoms with van der Waals surface area (Å²) in [5.74, 6) is 6.46. The Bertz CT molecular complexity index is 566. The van der Waals surface area contributed by atoms with Crippen molar-refractivity contribution >= 4 is 0 Å². The lowest BCUT2D eigenvalue weighted by atomic mass is 10.1. The van der Waals surface area contributed by atoms with E-state index in [2.05, 4.69) is 22.4 Å². The fourth-order valence-electron chi connectivity index (χ4n) is 2.25. The van der Waals surface area contributed by atoms with E-state index in [-0.39, 0.29) is 6.04 Å². The molecular formula is C14H21N5O. The molecule has 2 heterocycles. The number of hydrogen-bond donors (Lipinski definition) is 2. The number of pyridine rings is 1. The van der Waals surface area contributed by atoms with Crippen molar-refractivity contribution in [3.63, 3.8) is 0 Å². The molecule has 0 aromatic carbocycles. The lowest BCUT2D eigenvalue weighted by molar-refractivity contribution is 0.397. The number of rotatable bonds is 6. The lowest BCUT2D eigenvalue weighted by Gasteiger charge is -2.18. The van der Waals surface area contributed by atoms with Crippen LogP contribution in [0.4, 0.5) is 0 Å². The van der Waals surface area contributed by atoms with Gasteiger partial charge in [0.2, 0.25) is 0 Å². The molecule has 0 amide bonds. The summed E-state index contributed by atoms with van der Waals surface area (Å²) < 4.78 is 7.31. The van der Waals surface area contributed by atoms with Crippen molar-refractivity contribution in [2.24, 2.45) is 5.84 Å². The first-order chi connectivity index (χ1) is 9.71. The number of hydrazine groups is 1. The first-order valence-corrected chi connectivity index (χ1v) is 6.70. The molecule has 1 unspecified atom stereocenters. The molecule has 0 spiro atoms. The van der Waals surface area contributed by atoms with E-state index in [1.54, 1.807) is 13.3 Å². The fourth-order valence-corrected chi connectivity index (χ4v) is 2.25. The molecule has 0 saturated heterocycles. The summed E-state index contributed by atoms with van der Waals surface area (Å²) in [6.07, 6.45) is 2.70. The Kier molecular flexibility index (Phi) is 4.70. The van der Waals surface area contributed by atoms with E-state index in [0.29, 0.717) is 5.75 Å². The molecule has 20 heavy (non-hydrogen) atoms. The van der Waals surface area contributed by atoms with E-state index in [9.17, 15) is 0 Å². The van der Waals surface area contributed by atoms with E-state index in [1.807, 2.05) is 29.8 Å². The molecule has 0 radical (unpaired) electrons. The maximum Gasteiger partial charge on any atom is 0.162 e. The quantitative estimate of drug-likeness (QED) is 0.618. The first-order valence-electron chi connectivity index (χ1n) is 6.70. The summed E-state index contributed by atoms with van der Waals surface area (Å²) in [7, 11) is 1.63. The number of aryl methyl sites for hydroxylation is 2. The summed E-state index contributed by atoms with van der Waals surface area (Å²) in [4.78, 5) is 4.54. The molecule has 2 aromatic rings. The summed E-state index contributed by atoms with van der Waals surface area (Å²) in [5, 5.41) is 4.36. The number of aromatic nitrogens is 3. The predicted octanol–water partition coefficient (Wildman–Crippen LogP) is 1.56. The smallest absolute Gasteiger partial charge is 0.162 e. The standard InChI is InChI=1S/C14H21N5O/c1-4-8-19-14(12(20-3)9-16-19)13(18-15)11-7-5-6-10(2)17-11/h5-7,9,13,18H,4,8,15H2,1-3H3. The molecular weight excluding hydrogens is 254 g/mol. The highest BCUT2D eigenvalue weighted by atomic mass is 16.5. The number of nitrogens with two attached hydrogens (primary N) is 1. The summed E-state index contributed by atoms with van der Waals surface area (Å²) in [5.41, 5.74) is 5.51. The Balaban J connectivity index is 2.48. The highest BCUT2D eigenvalue weighted by molar-refractivity contribution is 5.34. The van der Waals surface area contributed by atoms with Crippen molar-refractivity contribution in [2.45, 2.75) is 32.9 Å². The third-order valence-electron chi connectivity index (χ3n) is 3.15. The van der Waals surface area contributed by atoms with Crippen LogP contribution in [0, 0.1) is 6.92 Å². The van der Waals surface area contributed by atoms with Crippen molar-refractivity contribution in [1.29, 1.82) is 0 Å². The zero-order chi connectivity index (χ0) is 14.5. The maximum atomic E-state index is 5.75. The van der Waals surface area contributed by atoms with E-state index in [1.165, 1.54) is 0 Å². The van der Waals surface area contributed by atoms with Gasteiger partial charge in [0.25, 0.3) is 0 Å². The molecule has 108 valence electrons. The Morgan fingerprint density at radius 3 is 2.85 bits per heavy atom. The van der Waals surface area contributed by atoms with Gasteiger partial charge >= 0.3 is 0 Å². The SMILES string of the molecule is CCCn1ncc(OC)c1C(NN)c1cccc(C)n1. The van der Waals surface area contributed by atoms with Crippen LogP contribution in [0.3, 0.4) is 0 Å². The molecule has 0 aliphatic heterocycles. The zero-order valence-electron chi connectivity index (χ0n) is 12.1. The van der Waals surface area contributed by atoms with Gasteiger partial charge in [0.1, 0.15) is 11.7 Å². The average Bonchev–Trinajstić information content (AvgIpc) is 2.84. The molecule has 0 aliphatic rings. The molecule has 6 heteroatoms. The van der Waals surface area contributed by atoms with Crippen molar-refractivity contribution in [2.75, 3.05) is 7.11 Å². The summed E-state index contributed by atoms with van der Waals surface area (Å²) >= 11 is 0. The van der Waals surface area contributed by atoms with Gasteiger partial charge < -0.3 is 4.74 Å². The normalized spacial score (nSPS) is 12.4. The minimum Gasteiger partial charge on any atom is -0.493 e. The van der Waals surface area contributed by atoms with Crippen LogP contribution in [0.2, 0.25) is 0 Å². The topological polar surface area (TPSA) is 78.0 Å². The molecule has 0 fully saturated rings. The van der Waals surface area contributed by atoms with Gasteiger partial charge in [0, 0.05) is 12.2 Å². The molecule has 2 aromatic heterocycles. The van der Waals surface area contributed by atoms with Gasteiger partial charge in [-0.1, -0.05) is 13.0 Å². The van der Waals surface area contributed by atoms with Gasteiger partial charge in [-0.15, -0.1) is 0 Å². The molecule has 1 atom stereocenters. The van der Waals surface area contributed by atoms with E-state index in [0.717, 1.165) is 30.0 Å². The number of hydrogen-bond acceptors (Lipinski definition) is 5. The minimum atomic E-state index is -0.251. The van der Waals surface area contributed by atoms with Crippen LogP contribution in [-0.2, 0) is 6.54 Å². The van der Waals surface area contributed by atoms with Crippen LogP contribution in [0.15, 0.2) is 24.4 Å². The Morgan fingerprint density at radius 2 is 2.25 bits per heavy atom. The van der Waals surface area contributed by atoms with Crippen molar-refractivity contribution in [3.05, 3.63) is 41.5 Å². The Hall–Kier alpha value is -1.92. The second-order valence-electron chi connectivity index (χ2n) is 4.62. The Labute approximate surface area is 118 Å². The molecule has 3 N–H and O–H groups in total. The Morgan fingerprint density at radius 1 is 1.45 bits per heavy atom. The van der Waals surface area contributed by atoms with E-state index in [4.69, 9.17) is 10.6 Å². The molecule has 0 aliphatic carbocycles. The van der Waals surface area contributed by atoms with Gasteiger partial charge in [0.05, 0.1) is 19.0 Å². The van der Waals surface area contributed by atoms with Crippen LogP contribution in [0.5, 0.6) is 5.75 Å². The number of methoxy groups -OCH3 is 1. The minimum absolute atomic E-state index is 0.251. The van der Waals surface area contributed by atoms with Crippen molar-refractivity contribution in [1.82, 2.24) is 20.2 Å². The molecule has 0 saturated carbocycles. The average molecular weight is 275 g/mol. The summed E-state index contributed by atoms with van der Waals surface area (Å²) in [6.45, 7) is 4.87. The van der Waals surface area contributed by atoms with Gasteiger partial charge in [-0.25, -0.2) is 5.43 Å². The highest BCUT2D eigenvalue weighted by Gasteiger charge is 2.23. The van der Waals surface area contributed by atoms with Crippen LogP contribution in [0.1, 0.15) is 36.5 Å². The van der Waals surface area contributed by atoms with Crippen molar-refractivity contribution in [3.8, 4) is 5.75 Å². The van der Waals surface area contributed by atoms with Crippen molar-refractivity contribution < 1.29 is 4.74 Å². The first kappa shape index (κ1) is 14.5.